The van der Waals surface area contributed by atoms with Crippen molar-refractivity contribution in [3.05, 3.63) is 58.1 Å². The second-order valence-electron chi connectivity index (χ2n) is 5.39. The number of rotatable bonds is 8. The van der Waals surface area contributed by atoms with Gasteiger partial charge >= 0.3 is 0 Å². The Morgan fingerprint density at radius 2 is 1.72 bits per heavy atom. The van der Waals surface area contributed by atoms with Gasteiger partial charge in [-0.25, -0.2) is 12.7 Å². The zero-order chi connectivity index (χ0) is 18.4. The molecule has 0 heterocycles. The lowest BCUT2D eigenvalue weighted by molar-refractivity contribution is 0.344. The first kappa shape index (κ1) is 20.4. The summed E-state index contributed by atoms with van der Waals surface area (Å²) in [6, 6.07) is 12.2. The fraction of sp³-hybridized carbons (Fsp3) is 0.294. The summed E-state index contributed by atoms with van der Waals surface area (Å²) in [7, 11) is -0.367. The van der Waals surface area contributed by atoms with Gasteiger partial charge in [0.2, 0.25) is 10.0 Å². The number of thioether (sulfide) groups is 1. The van der Waals surface area contributed by atoms with Crippen LogP contribution in [0.5, 0.6) is 5.75 Å². The van der Waals surface area contributed by atoms with E-state index in [2.05, 4.69) is 0 Å². The molecule has 0 spiro atoms. The Kier molecular flexibility index (Phi) is 7.46. The summed E-state index contributed by atoms with van der Waals surface area (Å²) in [4.78, 5) is 0.301. The first-order chi connectivity index (χ1) is 11.8. The lowest BCUT2D eigenvalue weighted by atomic mass is 10.2. The van der Waals surface area contributed by atoms with E-state index in [1.807, 2.05) is 6.07 Å². The molecule has 25 heavy (non-hydrogen) atoms. The topological polar surface area (TPSA) is 46.6 Å². The van der Waals surface area contributed by atoms with Crippen molar-refractivity contribution < 1.29 is 13.2 Å². The highest BCUT2D eigenvalue weighted by Crippen LogP contribution is 2.32. The van der Waals surface area contributed by atoms with Crippen LogP contribution in [0.3, 0.4) is 0 Å². The van der Waals surface area contributed by atoms with Gasteiger partial charge in [0.1, 0.15) is 0 Å². The van der Waals surface area contributed by atoms with Crippen LogP contribution in [-0.4, -0.2) is 39.2 Å². The van der Waals surface area contributed by atoms with E-state index >= 15 is 0 Å². The quantitative estimate of drug-likeness (QED) is 0.588. The Bertz CT molecular complexity index is 806. The summed E-state index contributed by atoms with van der Waals surface area (Å²) in [6.45, 7) is 0.462. The van der Waals surface area contributed by atoms with Crippen LogP contribution in [0.2, 0.25) is 10.0 Å². The van der Waals surface area contributed by atoms with Crippen molar-refractivity contribution in [2.45, 2.75) is 10.6 Å². The van der Waals surface area contributed by atoms with Gasteiger partial charge in [-0.1, -0.05) is 41.4 Å². The summed E-state index contributed by atoms with van der Waals surface area (Å²) in [5.74, 6) is 1.91. The number of para-hydroxylation sites is 1. The molecule has 0 saturated carbocycles. The lowest BCUT2D eigenvalue weighted by Gasteiger charge is -2.12. The van der Waals surface area contributed by atoms with E-state index in [1.165, 1.54) is 18.4 Å². The van der Waals surface area contributed by atoms with Crippen molar-refractivity contribution in [3.8, 4) is 5.75 Å². The van der Waals surface area contributed by atoms with E-state index in [0.717, 1.165) is 11.3 Å². The van der Waals surface area contributed by atoms with E-state index in [4.69, 9.17) is 27.9 Å². The molecule has 2 aromatic rings. The number of ether oxygens (including phenoxy) is 1. The monoisotopic (exact) mass is 419 g/mol. The first-order valence-corrected chi connectivity index (χ1v) is 10.8. The fourth-order valence-corrected chi connectivity index (χ4v) is 4.26. The molecule has 0 saturated heterocycles. The largest absolute Gasteiger partial charge is 0.490 e. The highest BCUT2D eigenvalue weighted by molar-refractivity contribution is 7.98. The van der Waals surface area contributed by atoms with Gasteiger partial charge in [0, 0.05) is 25.6 Å². The number of benzene rings is 2. The van der Waals surface area contributed by atoms with Crippen molar-refractivity contribution in [3.63, 3.8) is 0 Å². The van der Waals surface area contributed by atoms with Crippen LogP contribution in [0.4, 0.5) is 0 Å². The molecule has 4 nitrogen and oxygen atoms in total. The molecule has 0 N–H and O–H groups in total. The Morgan fingerprint density at radius 3 is 2.36 bits per heavy atom. The zero-order valence-electron chi connectivity index (χ0n) is 13.9. The normalized spacial score (nSPS) is 11.7. The van der Waals surface area contributed by atoms with E-state index in [1.54, 1.807) is 48.2 Å². The van der Waals surface area contributed by atoms with Crippen molar-refractivity contribution in [1.29, 1.82) is 0 Å². The average Bonchev–Trinajstić information content (AvgIpc) is 2.57. The minimum atomic E-state index is -3.41. The second-order valence-corrected chi connectivity index (χ2v) is 9.46. The molecule has 136 valence electrons. The molecule has 0 aliphatic rings. The number of sulfonamides is 1. The number of hydrogen-bond donors (Lipinski definition) is 0. The Labute approximate surface area is 163 Å². The van der Waals surface area contributed by atoms with Crippen LogP contribution in [0.25, 0.3) is 0 Å². The molecule has 0 aromatic heterocycles. The van der Waals surface area contributed by atoms with Crippen molar-refractivity contribution in [1.82, 2.24) is 4.31 Å². The number of halogens is 2. The maximum absolute atomic E-state index is 12.2. The van der Waals surface area contributed by atoms with Gasteiger partial charge in [0.05, 0.1) is 21.5 Å². The van der Waals surface area contributed by atoms with Gasteiger partial charge in [0.15, 0.2) is 5.75 Å². The van der Waals surface area contributed by atoms with Crippen molar-refractivity contribution in [2.75, 3.05) is 26.5 Å². The second kappa shape index (κ2) is 9.14. The maximum atomic E-state index is 12.2. The summed E-state index contributed by atoms with van der Waals surface area (Å²) in [5.41, 5.74) is 0.948. The minimum Gasteiger partial charge on any atom is -0.490 e. The smallest absolute Gasteiger partial charge is 0.242 e. The molecule has 2 rings (SSSR count). The Hall–Kier alpha value is -0.920. The third-order valence-corrected chi connectivity index (χ3v) is 6.74. The SMILES string of the molecule is CN(C)S(=O)(=O)c1cccc(CSCCOc2c(Cl)cccc2Cl)c1. The molecule has 2 aromatic carbocycles. The van der Waals surface area contributed by atoms with Crippen molar-refractivity contribution >= 4 is 45.0 Å². The van der Waals surface area contributed by atoms with Gasteiger partial charge < -0.3 is 4.74 Å². The number of hydrogen-bond acceptors (Lipinski definition) is 4. The fourth-order valence-electron chi connectivity index (χ4n) is 2.02. The minimum absolute atomic E-state index is 0.301. The highest BCUT2D eigenvalue weighted by atomic mass is 35.5. The third kappa shape index (κ3) is 5.53. The molecule has 0 bridgehead atoms. The molecule has 0 fully saturated rings. The molecular weight excluding hydrogens is 401 g/mol. The van der Waals surface area contributed by atoms with Gasteiger partial charge in [-0.15, -0.1) is 0 Å². The summed E-state index contributed by atoms with van der Waals surface area (Å²) < 4.78 is 31.1. The maximum Gasteiger partial charge on any atom is 0.242 e. The molecule has 0 aliphatic carbocycles. The van der Waals surface area contributed by atoms with Gasteiger partial charge in [-0.3, -0.25) is 0 Å². The summed E-state index contributed by atoms with van der Waals surface area (Å²) in [5, 5.41) is 0.971. The molecular formula is C17H19Cl2NO3S2. The van der Waals surface area contributed by atoms with E-state index in [9.17, 15) is 8.42 Å². The Morgan fingerprint density at radius 1 is 1.08 bits per heavy atom. The highest BCUT2D eigenvalue weighted by Gasteiger charge is 2.17. The zero-order valence-corrected chi connectivity index (χ0v) is 17.1. The standard InChI is InChI=1S/C17H19Cl2NO3S2/c1-20(2)25(21,22)14-6-3-5-13(11-14)12-24-10-9-23-17-15(18)7-4-8-16(17)19/h3-8,11H,9-10,12H2,1-2H3. The van der Waals surface area contributed by atoms with Crippen LogP contribution in [-0.2, 0) is 15.8 Å². The van der Waals surface area contributed by atoms with E-state index < -0.39 is 10.0 Å². The molecule has 0 amide bonds. The predicted octanol–water partition coefficient (Wildman–Crippen LogP) is 4.56. The molecule has 8 heteroatoms. The summed E-state index contributed by atoms with van der Waals surface area (Å²) in [6.07, 6.45) is 0. The van der Waals surface area contributed by atoms with Crippen LogP contribution < -0.4 is 4.74 Å². The first-order valence-electron chi connectivity index (χ1n) is 7.48. The van der Waals surface area contributed by atoms with Crippen molar-refractivity contribution in [2.24, 2.45) is 0 Å². The van der Waals surface area contributed by atoms with Crippen LogP contribution in [0, 0.1) is 0 Å². The van der Waals surface area contributed by atoms with Gasteiger partial charge in [-0.2, -0.15) is 11.8 Å². The average molecular weight is 420 g/mol. The van der Waals surface area contributed by atoms with Gasteiger partial charge in [0.25, 0.3) is 0 Å². The predicted molar refractivity (Wildman–Crippen MR) is 105 cm³/mol. The molecule has 0 aliphatic heterocycles. The Balaban J connectivity index is 1.87. The van der Waals surface area contributed by atoms with E-state index in [-0.39, 0.29) is 0 Å². The summed E-state index contributed by atoms with van der Waals surface area (Å²) >= 11 is 13.7. The van der Waals surface area contributed by atoms with E-state index in [0.29, 0.717) is 33.0 Å². The lowest BCUT2D eigenvalue weighted by Crippen LogP contribution is -2.22. The molecule has 0 atom stereocenters. The third-order valence-electron chi connectivity index (χ3n) is 3.34. The van der Waals surface area contributed by atoms with Gasteiger partial charge in [-0.05, 0) is 29.8 Å². The number of nitrogens with zero attached hydrogens (tertiary/aromatic N) is 1. The van der Waals surface area contributed by atoms with Crippen LogP contribution in [0.15, 0.2) is 47.4 Å². The molecule has 0 unspecified atom stereocenters. The van der Waals surface area contributed by atoms with Crippen LogP contribution in [0.1, 0.15) is 5.56 Å². The van der Waals surface area contributed by atoms with Crippen LogP contribution >= 0.6 is 35.0 Å². The molecule has 0 radical (unpaired) electrons.